The highest BCUT2D eigenvalue weighted by atomic mass is 32.1. The standard InChI is InChI=1S/C61H40N2O.C61H40N2S/c2*1-3-17-41(18-4-1)42-33-36-46(37-34-42)62(47-22-15-19-43(39-47)44-35-38-59-50(40-44)48-23-8-14-32-58(48)64-59)57-31-16-28-54-60(57)49-24-7-9-25-51(49)61(54)52-26-10-12-29-55(52)63(45-20-5-2-6-21-45)56-30-13-11-27-53(56)61/h2*1-40H. The van der Waals surface area contributed by atoms with E-state index in [0.29, 0.717) is 0 Å². The quantitative estimate of drug-likeness (QED) is 0.121. The van der Waals surface area contributed by atoms with Gasteiger partial charge in [-0.1, -0.05) is 340 Å². The molecule has 2 spiro atoms. The van der Waals surface area contributed by atoms with Crippen LogP contribution < -0.4 is 19.6 Å². The summed E-state index contributed by atoms with van der Waals surface area (Å²) in [4.78, 5) is 9.84. The van der Waals surface area contributed by atoms with Crippen molar-refractivity contribution in [3.05, 3.63) is 530 Å². The van der Waals surface area contributed by atoms with Crippen molar-refractivity contribution >= 4 is 122 Å². The van der Waals surface area contributed by atoms with E-state index >= 15 is 0 Å². The van der Waals surface area contributed by atoms with Gasteiger partial charge in [0.15, 0.2) is 0 Å². The fourth-order valence-corrected chi connectivity index (χ4v) is 22.6. The number of benzene rings is 20. The lowest BCUT2D eigenvalue weighted by Crippen LogP contribution is -2.36. The monoisotopic (exact) mass is 1650 g/mol. The van der Waals surface area contributed by atoms with Crippen LogP contribution in [-0.2, 0) is 10.8 Å². The highest BCUT2D eigenvalue weighted by Gasteiger charge is 2.55. The highest BCUT2D eigenvalue weighted by Crippen LogP contribution is 2.68. The van der Waals surface area contributed by atoms with Crippen molar-refractivity contribution in [2.75, 3.05) is 19.6 Å². The third-order valence-corrected chi connectivity index (χ3v) is 28.0. The molecule has 600 valence electrons. The van der Waals surface area contributed by atoms with Gasteiger partial charge >= 0.3 is 0 Å². The Morgan fingerprint density at radius 2 is 0.531 bits per heavy atom. The Balaban J connectivity index is 0.000000139. The van der Waals surface area contributed by atoms with Crippen molar-refractivity contribution in [2.45, 2.75) is 10.8 Å². The Morgan fingerprint density at radius 1 is 0.203 bits per heavy atom. The molecular weight excluding hydrogens is 1570 g/mol. The lowest BCUT2D eigenvalue weighted by atomic mass is 9.64. The summed E-state index contributed by atoms with van der Waals surface area (Å²) < 4.78 is 8.87. The van der Waals surface area contributed by atoms with Crippen molar-refractivity contribution in [1.29, 1.82) is 0 Å². The smallest absolute Gasteiger partial charge is 0.135 e. The summed E-state index contributed by atoms with van der Waals surface area (Å²) >= 11 is 1.86. The van der Waals surface area contributed by atoms with Crippen molar-refractivity contribution < 1.29 is 4.42 Å². The third kappa shape index (κ3) is 11.6. The molecule has 0 saturated heterocycles. The molecule has 2 aliphatic carbocycles. The second-order valence-electron chi connectivity index (χ2n) is 33.6. The molecule has 5 nitrogen and oxygen atoms in total. The van der Waals surface area contributed by atoms with E-state index in [-0.39, 0.29) is 0 Å². The molecular formula is C122H80N4OS. The largest absolute Gasteiger partial charge is 0.456 e. The minimum atomic E-state index is -0.576. The summed E-state index contributed by atoms with van der Waals surface area (Å²) in [5.41, 5.74) is 39.0. The van der Waals surface area contributed by atoms with Crippen LogP contribution in [0.5, 0.6) is 0 Å². The lowest BCUT2D eigenvalue weighted by molar-refractivity contribution is 0.669. The van der Waals surface area contributed by atoms with Gasteiger partial charge in [-0.05, 0) is 246 Å². The van der Waals surface area contributed by atoms with Gasteiger partial charge in [0.25, 0.3) is 0 Å². The first-order valence-electron chi connectivity index (χ1n) is 44.0. The number of fused-ring (bicyclic) bond motifs is 24. The summed E-state index contributed by atoms with van der Waals surface area (Å²) in [6.45, 7) is 0. The van der Waals surface area contributed by atoms with E-state index in [4.69, 9.17) is 4.42 Å². The van der Waals surface area contributed by atoms with Gasteiger partial charge in [-0.2, -0.15) is 0 Å². The molecule has 2 aliphatic heterocycles. The Hall–Kier alpha value is -16.4. The van der Waals surface area contributed by atoms with Crippen LogP contribution in [-0.4, -0.2) is 0 Å². The first-order chi connectivity index (χ1) is 63.5. The van der Waals surface area contributed by atoms with Gasteiger partial charge < -0.3 is 24.0 Å². The van der Waals surface area contributed by atoms with Crippen LogP contribution in [0.4, 0.5) is 68.2 Å². The van der Waals surface area contributed by atoms with Crippen molar-refractivity contribution in [3.8, 4) is 66.8 Å². The zero-order valence-corrected chi connectivity index (χ0v) is 70.6. The number of rotatable bonds is 12. The molecule has 0 amide bonds. The zero-order valence-electron chi connectivity index (χ0n) is 69.8. The predicted octanol–water partition coefficient (Wildman–Crippen LogP) is 33.5. The molecule has 0 atom stereocenters. The SMILES string of the molecule is c1ccc(-c2ccc(N(c3cccc(-c4ccc5oc6ccccc6c5c4)c3)c3cccc4c3-c3ccccc3C43c4ccccc4N(c4ccccc4)c4ccccc43)cc2)cc1.c1ccc(-c2ccc(N(c3cccc(-c4ccc5sc6ccccc6c5c4)c3)c3cccc4c3-c3ccccc3C43c4ccccc4N(c4ccccc4)c4ccccc43)cc2)cc1. The molecule has 0 N–H and O–H groups in total. The van der Waals surface area contributed by atoms with Crippen molar-refractivity contribution in [3.63, 3.8) is 0 Å². The van der Waals surface area contributed by atoms with E-state index in [0.717, 1.165) is 78.6 Å². The van der Waals surface area contributed by atoms with Crippen molar-refractivity contribution in [1.82, 2.24) is 0 Å². The number of furan rings is 1. The number of hydrogen-bond acceptors (Lipinski definition) is 6. The average molecular weight is 1650 g/mol. The lowest BCUT2D eigenvalue weighted by Gasteiger charge is -2.45. The number of anilines is 12. The van der Waals surface area contributed by atoms with Gasteiger partial charge in [-0.25, -0.2) is 0 Å². The second-order valence-corrected chi connectivity index (χ2v) is 34.7. The molecule has 4 aliphatic rings. The Labute approximate surface area is 747 Å². The topological polar surface area (TPSA) is 26.1 Å². The van der Waals surface area contributed by atoms with E-state index in [1.165, 1.54) is 143 Å². The van der Waals surface area contributed by atoms with Crippen LogP contribution in [0.15, 0.2) is 490 Å². The first kappa shape index (κ1) is 74.3. The van der Waals surface area contributed by atoms with Crippen LogP contribution >= 0.6 is 11.3 Å². The average Bonchev–Trinajstić information content (AvgIpc) is 1.49. The first-order valence-corrected chi connectivity index (χ1v) is 44.8. The Kier molecular flexibility index (Phi) is 17.6. The Bertz CT molecular complexity index is 7530. The van der Waals surface area contributed by atoms with Crippen LogP contribution in [0, 0.1) is 0 Å². The van der Waals surface area contributed by atoms with Crippen LogP contribution in [0.3, 0.4) is 0 Å². The molecule has 4 heterocycles. The second kappa shape index (κ2) is 30.3. The molecule has 20 aromatic carbocycles. The fourth-order valence-electron chi connectivity index (χ4n) is 21.5. The van der Waals surface area contributed by atoms with Gasteiger partial charge in [0, 0.05) is 76.2 Å². The summed E-state index contributed by atoms with van der Waals surface area (Å²) in [6.07, 6.45) is 0. The molecule has 26 rings (SSSR count). The maximum Gasteiger partial charge on any atom is 0.135 e. The summed E-state index contributed by atoms with van der Waals surface area (Å²) in [5, 5.41) is 4.86. The summed E-state index contributed by atoms with van der Waals surface area (Å²) in [5.74, 6) is 0. The number of hydrogen-bond donors (Lipinski definition) is 0. The Morgan fingerprint density at radius 3 is 1.01 bits per heavy atom. The van der Waals surface area contributed by atoms with Gasteiger partial charge in [0.2, 0.25) is 0 Å². The van der Waals surface area contributed by atoms with Crippen molar-refractivity contribution in [2.24, 2.45) is 0 Å². The minimum absolute atomic E-state index is 0.566. The normalized spacial score (nSPS) is 13.1. The molecule has 0 saturated carbocycles. The maximum atomic E-state index is 6.24. The number of para-hydroxylation sites is 7. The van der Waals surface area contributed by atoms with E-state index in [2.05, 4.69) is 493 Å². The van der Waals surface area contributed by atoms with Gasteiger partial charge in [-0.3, -0.25) is 0 Å². The molecule has 2 aromatic heterocycles. The van der Waals surface area contributed by atoms with Gasteiger partial charge in [0.05, 0.1) is 45.0 Å². The summed E-state index contributed by atoms with van der Waals surface area (Å²) in [6, 6.07) is 178. The molecule has 0 unspecified atom stereocenters. The molecule has 128 heavy (non-hydrogen) atoms. The molecule has 6 heteroatoms. The van der Waals surface area contributed by atoms with Crippen LogP contribution in [0.2, 0.25) is 0 Å². The zero-order chi connectivity index (χ0) is 84.4. The molecule has 22 aromatic rings. The van der Waals surface area contributed by atoms with Gasteiger partial charge in [-0.15, -0.1) is 11.3 Å². The van der Waals surface area contributed by atoms with Crippen LogP contribution in [0.1, 0.15) is 44.5 Å². The van der Waals surface area contributed by atoms with Crippen LogP contribution in [0.25, 0.3) is 109 Å². The van der Waals surface area contributed by atoms with E-state index in [9.17, 15) is 0 Å². The predicted molar refractivity (Wildman–Crippen MR) is 535 cm³/mol. The number of nitrogens with zero attached hydrogens (tertiary/aromatic N) is 4. The maximum absolute atomic E-state index is 6.24. The van der Waals surface area contributed by atoms with Gasteiger partial charge in [0.1, 0.15) is 11.2 Å². The minimum Gasteiger partial charge on any atom is -0.456 e. The molecule has 0 fully saturated rings. The molecule has 0 radical (unpaired) electrons. The molecule has 0 bridgehead atoms. The fraction of sp³-hybridized carbons (Fsp3) is 0.0164. The summed E-state index contributed by atoms with van der Waals surface area (Å²) in [7, 11) is 0. The third-order valence-electron chi connectivity index (χ3n) is 26.9. The number of thiophene rings is 1. The van der Waals surface area contributed by atoms with E-state index in [1.54, 1.807) is 0 Å². The van der Waals surface area contributed by atoms with E-state index in [1.807, 2.05) is 23.5 Å². The highest BCUT2D eigenvalue weighted by molar-refractivity contribution is 7.25. The van der Waals surface area contributed by atoms with E-state index < -0.39 is 10.8 Å².